The van der Waals surface area contributed by atoms with Gasteiger partial charge >= 0.3 is 5.97 Å². The maximum atomic E-state index is 12.1. The highest BCUT2D eigenvalue weighted by Crippen LogP contribution is 2.21. The fourth-order valence-corrected chi connectivity index (χ4v) is 2.91. The van der Waals surface area contributed by atoms with E-state index in [0.717, 1.165) is 22.4 Å². The van der Waals surface area contributed by atoms with Crippen LogP contribution >= 0.6 is 0 Å². The molecule has 1 aromatic carbocycles. The van der Waals surface area contributed by atoms with Gasteiger partial charge in [-0.3, -0.25) is 9.59 Å². The van der Waals surface area contributed by atoms with Gasteiger partial charge < -0.3 is 19.9 Å². The van der Waals surface area contributed by atoms with Gasteiger partial charge in [0.1, 0.15) is 11.3 Å². The molecule has 0 saturated heterocycles. The van der Waals surface area contributed by atoms with Crippen LogP contribution in [0.1, 0.15) is 45.4 Å². The number of rotatable bonds is 7. The molecule has 0 saturated carbocycles. The summed E-state index contributed by atoms with van der Waals surface area (Å²) in [5, 5.41) is 8.99. The second-order valence-corrected chi connectivity index (χ2v) is 6.59. The summed E-state index contributed by atoms with van der Waals surface area (Å²) in [6.07, 6.45) is 0.506. The van der Waals surface area contributed by atoms with Gasteiger partial charge in [0.15, 0.2) is 6.61 Å². The minimum Gasteiger partial charge on any atom is -0.452 e. The van der Waals surface area contributed by atoms with Crippen molar-refractivity contribution < 1.29 is 23.6 Å². The van der Waals surface area contributed by atoms with Crippen molar-refractivity contribution in [1.29, 1.82) is 0 Å². The zero-order chi connectivity index (χ0) is 20.8. The monoisotopic (exact) mass is 387 g/mol. The molecule has 0 spiro atoms. The van der Waals surface area contributed by atoms with E-state index < -0.39 is 18.5 Å². The van der Waals surface area contributed by atoms with Crippen LogP contribution in [0.25, 0.3) is 0 Å². The zero-order valence-corrected chi connectivity index (χ0v) is 16.8. The molecular weight excluding hydrogens is 362 g/mol. The highest BCUT2D eigenvalue weighted by atomic mass is 16.5. The zero-order valence-electron chi connectivity index (χ0n) is 16.8. The van der Waals surface area contributed by atoms with E-state index in [-0.39, 0.29) is 18.0 Å². The molecule has 8 heteroatoms. The van der Waals surface area contributed by atoms with E-state index in [4.69, 9.17) is 9.26 Å². The smallest absolute Gasteiger partial charge is 0.344 e. The molecule has 0 unspecified atom stereocenters. The Morgan fingerprint density at radius 2 is 1.71 bits per heavy atom. The molecule has 0 atom stereocenters. The Morgan fingerprint density at radius 3 is 2.32 bits per heavy atom. The van der Waals surface area contributed by atoms with Crippen LogP contribution < -0.4 is 10.6 Å². The number of ether oxygens (including phenoxy) is 1. The Morgan fingerprint density at radius 1 is 1.07 bits per heavy atom. The van der Waals surface area contributed by atoms with Crippen LogP contribution in [-0.4, -0.2) is 36.1 Å². The number of carbonyl (C=O) groups is 3. The maximum absolute atomic E-state index is 12.1. The van der Waals surface area contributed by atoms with E-state index in [1.54, 1.807) is 6.92 Å². The average Bonchev–Trinajstić information content (AvgIpc) is 3.01. The van der Waals surface area contributed by atoms with Gasteiger partial charge in [0.05, 0.1) is 12.2 Å². The SMILES string of the molecule is CCc1noc(C)c1C(=O)OCC(=O)NCC(=O)Nc1c(C)cc(C)cc1C. The predicted octanol–water partition coefficient (Wildman–Crippen LogP) is 2.38. The van der Waals surface area contributed by atoms with Gasteiger partial charge in [0.25, 0.3) is 5.91 Å². The van der Waals surface area contributed by atoms with E-state index in [1.807, 2.05) is 39.8 Å². The van der Waals surface area contributed by atoms with E-state index in [0.29, 0.717) is 17.9 Å². The van der Waals surface area contributed by atoms with Gasteiger partial charge in [0, 0.05) is 5.69 Å². The standard InChI is InChI=1S/C20H25N3O5/c1-6-15-18(14(5)28-23-15)20(26)27-10-17(25)21-9-16(24)22-19-12(3)7-11(2)8-13(19)4/h7-8H,6,9-10H2,1-5H3,(H,21,25)(H,22,24). The molecule has 2 N–H and O–H groups in total. The van der Waals surface area contributed by atoms with Crippen molar-refractivity contribution in [3.63, 3.8) is 0 Å². The molecule has 0 fully saturated rings. The lowest BCUT2D eigenvalue weighted by molar-refractivity contribution is -0.126. The largest absolute Gasteiger partial charge is 0.452 e. The van der Waals surface area contributed by atoms with Crippen molar-refractivity contribution in [2.75, 3.05) is 18.5 Å². The average molecular weight is 387 g/mol. The molecule has 2 amide bonds. The summed E-state index contributed by atoms with van der Waals surface area (Å²) in [5.74, 6) is -1.28. The van der Waals surface area contributed by atoms with Gasteiger partial charge in [-0.1, -0.05) is 29.8 Å². The van der Waals surface area contributed by atoms with Crippen molar-refractivity contribution in [2.45, 2.75) is 41.0 Å². The summed E-state index contributed by atoms with van der Waals surface area (Å²) >= 11 is 0. The quantitative estimate of drug-likeness (QED) is 0.706. The minimum absolute atomic E-state index is 0.227. The summed E-state index contributed by atoms with van der Waals surface area (Å²) in [6.45, 7) is 8.50. The first-order valence-electron chi connectivity index (χ1n) is 8.99. The van der Waals surface area contributed by atoms with E-state index >= 15 is 0 Å². The minimum atomic E-state index is -0.680. The molecule has 28 heavy (non-hydrogen) atoms. The summed E-state index contributed by atoms with van der Waals surface area (Å²) in [4.78, 5) is 36.1. The van der Waals surface area contributed by atoms with E-state index in [9.17, 15) is 14.4 Å². The summed E-state index contributed by atoms with van der Waals surface area (Å²) in [7, 11) is 0. The maximum Gasteiger partial charge on any atom is 0.344 e. The fraction of sp³-hybridized carbons (Fsp3) is 0.400. The van der Waals surface area contributed by atoms with Crippen LogP contribution in [0, 0.1) is 27.7 Å². The summed E-state index contributed by atoms with van der Waals surface area (Å²) in [6, 6.07) is 3.94. The molecule has 0 aliphatic carbocycles. The third kappa shape index (κ3) is 5.18. The lowest BCUT2D eigenvalue weighted by Gasteiger charge is -2.13. The Labute approximate surface area is 163 Å². The fourth-order valence-electron chi connectivity index (χ4n) is 2.91. The highest BCUT2D eigenvalue weighted by Gasteiger charge is 2.21. The van der Waals surface area contributed by atoms with Crippen LogP contribution in [0.3, 0.4) is 0 Å². The Bertz CT molecular complexity index is 878. The predicted molar refractivity (Wildman–Crippen MR) is 103 cm³/mol. The number of carbonyl (C=O) groups excluding carboxylic acids is 3. The first-order chi connectivity index (χ1) is 13.2. The van der Waals surface area contributed by atoms with Gasteiger partial charge in [-0.25, -0.2) is 4.79 Å². The number of hydrogen-bond acceptors (Lipinski definition) is 6. The lowest BCUT2D eigenvalue weighted by Crippen LogP contribution is -2.35. The molecular formula is C20H25N3O5. The van der Waals surface area contributed by atoms with Crippen molar-refractivity contribution in [2.24, 2.45) is 0 Å². The number of aryl methyl sites for hydroxylation is 5. The summed E-state index contributed by atoms with van der Waals surface area (Å²) < 4.78 is 9.96. The highest BCUT2D eigenvalue weighted by molar-refractivity contribution is 5.96. The Kier molecular flexibility index (Phi) is 6.92. The third-order valence-electron chi connectivity index (χ3n) is 4.19. The normalized spacial score (nSPS) is 10.5. The van der Waals surface area contributed by atoms with Crippen LogP contribution in [0.2, 0.25) is 0 Å². The molecule has 2 rings (SSSR count). The van der Waals surface area contributed by atoms with E-state index in [1.165, 1.54) is 0 Å². The lowest BCUT2D eigenvalue weighted by atomic mass is 10.1. The Balaban J connectivity index is 1.83. The van der Waals surface area contributed by atoms with Crippen LogP contribution in [0.5, 0.6) is 0 Å². The summed E-state index contributed by atoms with van der Waals surface area (Å²) in [5.41, 5.74) is 4.44. The van der Waals surface area contributed by atoms with Crippen LogP contribution in [-0.2, 0) is 20.7 Å². The number of aromatic nitrogens is 1. The first-order valence-corrected chi connectivity index (χ1v) is 8.99. The second-order valence-electron chi connectivity index (χ2n) is 6.59. The number of hydrogen-bond donors (Lipinski definition) is 2. The number of amides is 2. The molecule has 150 valence electrons. The molecule has 2 aromatic rings. The van der Waals surface area contributed by atoms with Crippen molar-refractivity contribution in [3.8, 4) is 0 Å². The Hall–Kier alpha value is -3.16. The molecule has 0 aliphatic heterocycles. The number of anilines is 1. The molecule has 0 aliphatic rings. The van der Waals surface area contributed by atoms with Crippen molar-refractivity contribution in [3.05, 3.63) is 45.8 Å². The topological polar surface area (TPSA) is 111 Å². The van der Waals surface area contributed by atoms with Crippen LogP contribution in [0.15, 0.2) is 16.7 Å². The molecule has 1 aromatic heterocycles. The van der Waals surface area contributed by atoms with Gasteiger partial charge in [-0.2, -0.15) is 0 Å². The number of nitrogens with one attached hydrogen (secondary N) is 2. The number of benzene rings is 1. The molecule has 0 bridgehead atoms. The first kappa shape index (κ1) is 21.1. The molecule has 8 nitrogen and oxygen atoms in total. The van der Waals surface area contributed by atoms with Crippen molar-refractivity contribution >= 4 is 23.5 Å². The second kappa shape index (κ2) is 9.16. The molecule has 0 radical (unpaired) electrons. The van der Waals surface area contributed by atoms with Gasteiger partial charge in [-0.15, -0.1) is 0 Å². The van der Waals surface area contributed by atoms with E-state index in [2.05, 4.69) is 15.8 Å². The third-order valence-corrected chi connectivity index (χ3v) is 4.19. The van der Waals surface area contributed by atoms with Gasteiger partial charge in [-0.05, 0) is 45.2 Å². The van der Waals surface area contributed by atoms with Crippen LogP contribution in [0.4, 0.5) is 5.69 Å². The van der Waals surface area contributed by atoms with Crippen molar-refractivity contribution in [1.82, 2.24) is 10.5 Å². The van der Waals surface area contributed by atoms with Gasteiger partial charge in [0.2, 0.25) is 5.91 Å². The number of nitrogens with zero attached hydrogens (tertiary/aromatic N) is 1. The number of esters is 1. The molecule has 1 heterocycles.